The van der Waals surface area contributed by atoms with Crippen molar-refractivity contribution in [1.29, 1.82) is 0 Å². The number of benzene rings is 1. The molecular formula is C14H16N2O4. The highest BCUT2D eigenvalue weighted by molar-refractivity contribution is 5.91. The Labute approximate surface area is 116 Å². The Kier molecular flexibility index (Phi) is 3.74. The van der Waals surface area contributed by atoms with Crippen LogP contribution in [0.25, 0.3) is 0 Å². The van der Waals surface area contributed by atoms with E-state index >= 15 is 0 Å². The molecule has 1 aliphatic heterocycles. The first-order chi connectivity index (χ1) is 9.40. The standard InChI is InChI=1S/C14H16N2O4/c1-8-2-4-9(5-3-8)12(14(19)20)16-7-10(13(15)18)6-11(16)17/h2-5,10,12H,6-7H2,1H3,(H2,15,18)(H,19,20). The van der Waals surface area contributed by atoms with Crippen molar-refractivity contribution < 1.29 is 19.5 Å². The second kappa shape index (κ2) is 5.32. The Bertz CT molecular complexity index is 553. The van der Waals surface area contributed by atoms with E-state index in [2.05, 4.69) is 0 Å². The maximum atomic E-state index is 11.9. The molecule has 1 fully saturated rings. The van der Waals surface area contributed by atoms with Crippen molar-refractivity contribution >= 4 is 17.8 Å². The third-order valence-corrected chi connectivity index (χ3v) is 3.50. The van der Waals surface area contributed by atoms with Gasteiger partial charge in [0, 0.05) is 13.0 Å². The maximum Gasteiger partial charge on any atom is 0.331 e. The number of aliphatic carboxylic acids is 1. The second-order valence-corrected chi connectivity index (χ2v) is 5.00. The minimum atomic E-state index is -1.12. The van der Waals surface area contributed by atoms with E-state index in [-0.39, 0.29) is 18.9 Å². The Morgan fingerprint density at radius 1 is 1.35 bits per heavy atom. The molecule has 6 nitrogen and oxygen atoms in total. The number of nitrogens with two attached hydrogens (primary N) is 1. The molecule has 20 heavy (non-hydrogen) atoms. The summed E-state index contributed by atoms with van der Waals surface area (Å²) in [5.41, 5.74) is 6.71. The Balaban J connectivity index is 2.30. The summed E-state index contributed by atoms with van der Waals surface area (Å²) in [6, 6.07) is 5.86. The molecular weight excluding hydrogens is 260 g/mol. The number of nitrogens with zero attached hydrogens (tertiary/aromatic N) is 1. The lowest BCUT2D eigenvalue weighted by Gasteiger charge is -2.25. The van der Waals surface area contributed by atoms with Gasteiger partial charge in [-0.1, -0.05) is 29.8 Å². The SMILES string of the molecule is Cc1ccc(C(C(=O)O)N2CC(C(N)=O)CC2=O)cc1. The number of carbonyl (C=O) groups is 3. The maximum absolute atomic E-state index is 11.9. The highest BCUT2D eigenvalue weighted by Crippen LogP contribution is 2.29. The number of carboxylic acids is 1. The summed E-state index contributed by atoms with van der Waals surface area (Å²) < 4.78 is 0. The van der Waals surface area contributed by atoms with Crippen molar-refractivity contribution in [2.45, 2.75) is 19.4 Å². The highest BCUT2D eigenvalue weighted by Gasteiger charge is 2.40. The van der Waals surface area contributed by atoms with Crippen LogP contribution in [0, 0.1) is 12.8 Å². The third-order valence-electron chi connectivity index (χ3n) is 3.50. The zero-order valence-electron chi connectivity index (χ0n) is 11.1. The molecule has 1 aromatic carbocycles. The third kappa shape index (κ3) is 2.64. The minimum absolute atomic E-state index is 0.0228. The Hall–Kier alpha value is -2.37. The number of hydrogen-bond acceptors (Lipinski definition) is 3. The molecule has 1 aliphatic rings. The van der Waals surface area contributed by atoms with Gasteiger partial charge in [-0.15, -0.1) is 0 Å². The number of primary amides is 1. The van der Waals surface area contributed by atoms with Crippen LogP contribution in [0.2, 0.25) is 0 Å². The fraction of sp³-hybridized carbons (Fsp3) is 0.357. The lowest BCUT2D eigenvalue weighted by Crippen LogP contribution is -2.36. The number of likely N-dealkylation sites (tertiary alicyclic amines) is 1. The van der Waals surface area contributed by atoms with E-state index in [0.717, 1.165) is 5.56 Å². The highest BCUT2D eigenvalue weighted by atomic mass is 16.4. The normalized spacial score (nSPS) is 19.9. The summed E-state index contributed by atoms with van der Waals surface area (Å²) in [4.78, 5) is 35.8. The molecule has 0 radical (unpaired) electrons. The van der Waals surface area contributed by atoms with Crippen LogP contribution in [0.15, 0.2) is 24.3 Å². The molecule has 0 saturated carbocycles. The number of carboxylic acid groups (broad SMARTS) is 1. The molecule has 0 spiro atoms. The molecule has 6 heteroatoms. The largest absolute Gasteiger partial charge is 0.479 e. The first-order valence-electron chi connectivity index (χ1n) is 6.28. The summed E-state index contributed by atoms with van der Waals surface area (Å²) in [7, 11) is 0. The van der Waals surface area contributed by atoms with E-state index in [4.69, 9.17) is 5.73 Å². The monoisotopic (exact) mass is 276 g/mol. The molecule has 2 amide bonds. The van der Waals surface area contributed by atoms with E-state index in [1.54, 1.807) is 24.3 Å². The van der Waals surface area contributed by atoms with Gasteiger partial charge in [0.2, 0.25) is 11.8 Å². The summed E-state index contributed by atoms with van der Waals surface area (Å²) >= 11 is 0. The van der Waals surface area contributed by atoms with E-state index in [1.807, 2.05) is 6.92 Å². The lowest BCUT2D eigenvalue weighted by molar-refractivity contribution is -0.148. The molecule has 2 unspecified atom stereocenters. The van der Waals surface area contributed by atoms with Crippen LogP contribution < -0.4 is 5.73 Å². The van der Waals surface area contributed by atoms with E-state index < -0.39 is 23.8 Å². The summed E-state index contributed by atoms with van der Waals surface area (Å²) in [5, 5.41) is 9.39. The molecule has 1 heterocycles. The zero-order chi connectivity index (χ0) is 14.9. The van der Waals surface area contributed by atoms with Gasteiger partial charge in [-0.25, -0.2) is 4.79 Å². The van der Waals surface area contributed by atoms with Gasteiger partial charge in [-0.05, 0) is 12.5 Å². The average molecular weight is 276 g/mol. The van der Waals surface area contributed by atoms with Crippen molar-refractivity contribution in [3.63, 3.8) is 0 Å². The van der Waals surface area contributed by atoms with Crippen LogP contribution in [0.5, 0.6) is 0 Å². The van der Waals surface area contributed by atoms with Crippen molar-refractivity contribution in [2.75, 3.05) is 6.54 Å². The molecule has 3 N–H and O–H groups in total. The fourth-order valence-electron chi connectivity index (χ4n) is 2.38. The molecule has 0 aromatic heterocycles. The number of carbonyl (C=O) groups excluding carboxylic acids is 2. The topological polar surface area (TPSA) is 101 Å². The van der Waals surface area contributed by atoms with E-state index in [1.165, 1.54) is 4.90 Å². The Morgan fingerprint density at radius 3 is 2.40 bits per heavy atom. The van der Waals surface area contributed by atoms with Crippen molar-refractivity contribution in [1.82, 2.24) is 4.90 Å². The quantitative estimate of drug-likeness (QED) is 0.834. The van der Waals surface area contributed by atoms with Crippen molar-refractivity contribution in [2.24, 2.45) is 11.7 Å². The fourth-order valence-corrected chi connectivity index (χ4v) is 2.38. The summed E-state index contributed by atoms with van der Waals surface area (Å²) in [6.45, 7) is 1.95. The molecule has 1 aromatic rings. The summed E-state index contributed by atoms with van der Waals surface area (Å²) in [6.07, 6.45) is -0.0228. The molecule has 2 atom stereocenters. The van der Waals surface area contributed by atoms with Crippen LogP contribution in [0.1, 0.15) is 23.6 Å². The van der Waals surface area contributed by atoms with E-state index in [0.29, 0.717) is 5.56 Å². The Morgan fingerprint density at radius 2 is 1.95 bits per heavy atom. The van der Waals surface area contributed by atoms with Gasteiger partial charge in [-0.2, -0.15) is 0 Å². The number of aryl methyl sites for hydroxylation is 1. The van der Waals surface area contributed by atoms with Crippen LogP contribution >= 0.6 is 0 Å². The van der Waals surface area contributed by atoms with Crippen LogP contribution in [-0.2, 0) is 14.4 Å². The first kappa shape index (κ1) is 14.0. The number of rotatable bonds is 4. The van der Waals surface area contributed by atoms with Crippen molar-refractivity contribution in [3.05, 3.63) is 35.4 Å². The van der Waals surface area contributed by atoms with Crippen LogP contribution in [0.3, 0.4) is 0 Å². The van der Waals surface area contributed by atoms with Gasteiger partial charge in [0.05, 0.1) is 5.92 Å². The summed E-state index contributed by atoms with van der Waals surface area (Å²) in [5.74, 6) is -2.67. The van der Waals surface area contributed by atoms with Gasteiger partial charge in [0.15, 0.2) is 6.04 Å². The molecule has 2 rings (SSSR count). The lowest BCUT2D eigenvalue weighted by atomic mass is 10.0. The van der Waals surface area contributed by atoms with Gasteiger partial charge in [0.1, 0.15) is 0 Å². The van der Waals surface area contributed by atoms with Crippen molar-refractivity contribution in [3.8, 4) is 0 Å². The van der Waals surface area contributed by atoms with Gasteiger partial charge < -0.3 is 15.7 Å². The number of amides is 2. The minimum Gasteiger partial charge on any atom is -0.479 e. The predicted molar refractivity (Wildman–Crippen MR) is 70.6 cm³/mol. The number of hydrogen-bond donors (Lipinski definition) is 2. The zero-order valence-corrected chi connectivity index (χ0v) is 11.1. The molecule has 0 aliphatic carbocycles. The van der Waals surface area contributed by atoms with Crippen LogP contribution in [0.4, 0.5) is 0 Å². The second-order valence-electron chi connectivity index (χ2n) is 5.00. The van der Waals surface area contributed by atoms with Gasteiger partial charge in [-0.3, -0.25) is 9.59 Å². The van der Waals surface area contributed by atoms with Crippen LogP contribution in [-0.4, -0.2) is 34.3 Å². The average Bonchev–Trinajstić information content (AvgIpc) is 2.74. The molecule has 106 valence electrons. The predicted octanol–water partition coefficient (Wildman–Crippen LogP) is 0.455. The van der Waals surface area contributed by atoms with E-state index in [9.17, 15) is 19.5 Å². The molecule has 0 bridgehead atoms. The van der Waals surface area contributed by atoms with Gasteiger partial charge in [0.25, 0.3) is 0 Å². The van der Waals surface area contributed by atoms with Gasteiger partial charge >= 0.3 is 5.97 Å². The molecule has 1 saturated heterocycles. The smallest absolute Gasteiger partial charge is 0.331 e. The first-order valence-corrected chi connectivity index (χ1v) is 6.28.